The fourth-order valence-electron chi connectivity index (χ4n) is 1.56. The lowest BCUT2D eigenvalue weighted by Gasteiger charge is -1.96. The molecule has 0 radical (unpaired) electrons. The Labute approximate surface area is 81.3 Å². The van der Waals surface area contributed by atoms with E-state index in [2.05, 4.69) is 4.98 Å². The molecule has 0 spiro atoms. The molecule has 0 fully saturated rings. The van der Waals surface area contributed by atoms with Crippen molar-refractivity contribution in [1.82, 2.24) is 9.55 Å². The molecule has 2 N–H and O–H groups in total. The molecule has 2 heterocycles. The maximum Gasteiger partial charge on any atom is 0.250 e. The summed E-state index contributed by atoms with van der Waals surface area (Å²) in [5.41, 5.74) is 6.61. The summed E-state index contributed by atoms with van der Waals surface area (Å²) < 4.78 is 1.91. The minimum Gasteiger partial charge on any atom is -0.366 e. The highest BCUT2D eigenvalue weighted by molar-refractivity contribution is 6.05. The van der Waals surface area contributed by atoms with Crippen LogP contribution in [0.3, 0.4) is 0 Å². The Balaban J connectivity index is 2.80. The van der Waals surface area contributed by atoms with Gasteiger partial charge in [0.05, 0.1) is 5.56 Å². The first kappa shape index (κ1) is 8.74. The molecule has 0 saturated heterocycles. The van der Waals surface area contributed by atoms with Gasteiger partial charge in [0.1, 0.15) is 5.65 Å². The monoisotopic (exact) mass is 189 g/mol. The lowest BCUT2D eigenvalue weighted by molar-refractivity contribution is 0.100. The smallest absolute Gasteiger partial charge is 0.250 e. The molecule has 72 valence electrons. The van der Waals surface area contributed by atoms with Gasteiger partial charge in [-0.15, -0.1) is 0 Å². The SMILES string of the molecule is CCn1cc(C(N)=O)c2cccnc21. The standard InChI is InChI=1S/C10H11N3O/c1-2-13-6-8(9(11)14)7-4-3-5-12-10(7)13/h3-6H,2H2,1H3,(H2,11,14). The topological polar surface area (TPSA) is 60.9 Å². The molecular weight excluding hydrogens is 178 g/mol. The number of amides is 1. The molecule has 0 atom stereocenters. The van der Waals surface area contributed by atoms with Crippen LogP contribution >= 0.6 is 0 Å². The Morgan fingerprint density at radius 3 is 3.07 bits per heavy atom. The van der Waals surface area contributed by atoms with Crippen LogP contribution in [-0.2, 0) is 6.54 Å². The first-order valence-corrected chi connectivity index (χ1v) is 4.47. The number of primary amides is 1. The normalized spacial score (nSPS) is 10.6. The lowest BCUT2D eigenvalue weighted by atomic mass is 10.2. The molecule has 2 rings (SSSR count). The van der Waals surface area contributed by atoms with Crippen LogP contribution < -0.4 is 5.73 Å². The van der Waals surface area contributed by atoms with Crippen molar-refractivity contribution in [3.63, 3.8) is 0 Å². The molecule has 2 aromatic rings. The van der Waals surface area contributed by atoms with Crippen LogP contribution in [0.15, 0.2) is 24.5 Å². The zero-order valence-corrected chi connectivity index (χ0v) is 7.90. The summed E-state index contributed by atoms with van der Waals surface area (Å²) in [5, 5.41) is 0.821. The van der Waals surface area contributed by atoms with Crippen LogP contribution in [-0.4, -0.2) is 15.5 Å². The van der Waals surface area contributed by atoms with Crippen molar-refractivity contribution in [3.8, 4) is 0 Å². The number of carbonyl (C=O) groups is 1. The molecule has 2 aromatic heterocycles. The quantitative estimate of drug-likeness (QED) is 0.770. The van der Waals surface area contributed by atoms with E-state index in [-0.39, 0.29) is 0 Å². The first-order chi connectivity index (χ1) is 6.74. The Morgan fingerprint density at radius 2 is 2.43 bits per heavy atom. The van der Waals surface area contributed by atoms with Crippen molar-refractivity contribution in [2.75, 3.05) is 0 Å². The van der Waals surface area contributed by atoms with Gasteiger partial charge in [-0.3, -0.25) is 4.79 Å². The molecule has 0 saturated carbocycles. The van der Waals surface area contributed by atoms with Crippen LogP contribution in [0.1, 0.15) is 17.3 Å². The number of nitrogens with two attached hydrogens (primary N) is 1. The van der Waals surface area contributed by atoms with Gasteiger partial charge in [0.15, 0.2) is 0 Å². The largest absolute Gasteiger partial charge is 0.366 e. The van der Waals surface area contributed by atoms with Crippen LogP contribution in [0.2, 0.25) is 0 Å². The van der Waals surface area contributed by atoms with E-state index in [0.29, 0.717) is 5.56 Å². The van der Waals surface area contributed by atoms with Gasteiger partial charge < -0.3 is 10.3 Å². The number of hydrogen-bond donors (Lipinski definition) is 1. The highest BCUT2D eigenvalue weighted by atomic mass is 16.1. The summed E-state index contributed by atoms with van der Waals surface area (Å²) in [5.74, 6) is -0.407. The Hall–Kier alpha value is -1.84. The minimum absolute atomic E-state index is 0.407. The Morgan fingerprint density at radius 1 is 1.64 bits per heavy atom. The second kappa shape index (κ2) is 3.14. The van der Waals surface area contributed by atoms with Gasteiger partial charge >= 0.3 is 0 Å². The summed E-state index contributed by atoms with van der Waals surface area (Å²) >= 11 is 0. The highest BCUT2D eigenvalue weighted by Crippen LogP contribution is 2.18. The summed E-state index contributed by atoms with van der Waals surface area (Å²) in [6.07, 6.45) is 3.46. The van der Waals surface area contributed by atoms with Crippen molar-refractivity contribution in [2.24, 2.45) is 5.73 Å². The van der Waals surface area contributed by atoms with Gasteiger partial charge in [0, 0.05) is 24.3 Å². The third-order valence-electron chi connectivity index (χ3n) is 2.24. The van der Waals surface area contributed by atoms with Gasteiger partial charge in [0.25, 0.3) is 5.91 Å². The van der Waals surface area contributed by atoms with Crippen LogP contribution in [0, 0.1) is 0 Å². The summed E-state index contributed by atoms with van der Waals surface area (Å²) in [6, 6.07) is 3.66. The number of aromatic nitrogens is 2. The van der Waals surface area contributed by atoms with E-state index < -0.39 is 5.91 Å². The van der Waals surface area contributed by atoms with E-state index in [4.69, 9.17) is 5.73 Å². The van der Waals surface area contributed by atoms with Gasteiger partial charge in [-0.1, -0.05) is 0 Å². The molecule has 0 aromatic carbocycles. The second-order valence-electron chi connectivity index (χ2n) is 3.07. The molecular formula is C10H11N3O. The predicted molar refractivity (Wildman–Crippen MR) is 53.9 cm³/mol. The van der Waals surface area contributed by atoms with E-state index in [1.165, 1.54) is 0 Å². The number of nitrogens with zero attached hydrogens (tertiary/aromatic N) is 2. The van der Waals surface area contributed by atoms with Crippen LogP contribution in [0.5, 0.6) is 0 Å². The number of fused-ring (bicyclic) bond motifs is 1. The summed E-state index contributed by atoms with van der Waals surface area (Å²) in [4.78, 5) is 15.3. The van der Waals surface area contributed by atoms with Crippen molar-refractivity contribution >= 4 is 16.9 Å². The third kappa shape index (κ3) is 1.16. The summed E-state index contributed by atoms with van der Waals surface area (Å²) in [7, 11) is 0. The average molecular weight is 189 g/mol. The molecule has 0 aliphatic rings. The molecule has 14 heavy (non-hydrogen) atoms. The van der Waals surface area contributed by atoms with E-state index in [9.17, 15) is 4.79 Å². The number of pyridine rings is 1. The van der Waals surface area contributed by atoms with E-state index in [0.717, 1.165) is 17.6 Å². The van der Waals surface area contributed by atoms with Gasteiger partial charge in [-0.2, -0.15) is 0 Å². The van der Waals surface area contributed by atoms with Crippen molar-refractivity contribution < 1.29 is 4.79 Å². The third-order valence-corrected chi connectivity index (χ3v) is 2.24. The van der Waals surface area contributed by atoms with Crippen LogP contribution in [0.4, 0.5) is 0 Å². The molecule has 0 bridgehead atoms. The average Bonchev–Trinajstić information content (AvgIpc) is 2.56. The molecule has 0 aliphatic heterocycles. The minimum atomic E-state index is -0.407. The van der Waals surface area contributed by atoms with Crippen molar-refractivity contribution in [1.29, 1.82) is 0 Å². The van der Waals surface area contributed by atoms with Crippen LogP contribution in [0.25, 0.3) is 11.0 Å². The first-order valence-electron chi connectivity index (χ1n) is 4.47. The number of carbonyl (C=O) groups excluding carboxylic acids is 1. The maximum atomic E-state index is 11.1. The zero-order valence-electron chi connectivity index (χ0n) is 7.90. The summed E-state index contributed by atoms with van der Waals surface area (Å²) in [6.45, 7) is 2.78. The second-order valence-corrected chi connectivity index (χ2v) is 3.07. The molecule has 0 aliphatic carbocycles. The molecule has 4 nitrogen and oxygen atoms in total. The molecule has 4 heteroatoms. The van der Waals surface area contributed by atoms with E-state index >= 15 is 0 Å². The molecule has 1 amide bonds. The fourth-order valence-corrected chi connectivity index (χ4v) is 1.56. The van der Waals surface area contributed by atoms with Gasteiger partial charge in [-0.05, 0) is 19.1 Å². The molecule has 0 unspecified atom stereocenters. The van der Waals surface area contributed by atoms with Gasteiger partial charge in [-0.25, -0.2) is 4.98 Å². The maximum absolute atomic E-state index is 11.1. The fraction of sp³-hybridized carbons (Fsp3) is 0.200. The van der Waals surface area contributed by atoms with Gasteiger partial charge in [0.2, 0.25) is 0 Å². The Bertz CT molecular complexity index is 487. The van der Waals surface area contributed by atoms with Crippen molar-refractivity contribution in [2.45, 2.75) is 13.5 Å². The number of hydrogen-bond acceptors (Lipinski definition) is 2. The number of aryl methyl sites for hydroxylation is 1. The lowest BCUT2D eigenvalue weighted by Crippen LogP contribution is -2.10. The van der Waals surface area contributed by atoms with Crippen molar-refractivity contribution in [3.05, 3.63) is 30.1 Å². The van der Waals surface area contributed by atoms with E-state index in [1.54, 1.807) is 18.5 Å². The zero-order chi connectivity index (χ0) is 10.1. The number of rotatable bonds is 2. The predicted octanol–water partition coefficient (Wildman–Crippen LogP) is 1.16. The highest BCUT2D eigenvalue weighted by Gasteiger charge is 2.11. The Kier molecular flexibility index (Phi) is 1.96. The van der Waals surface area contributed by atoms with E-state index in [1.807, 2.05) is 17.6 Å².